The van der Waals surface area contributed by atoms with Gasteiger partial charge in [0.15, 0.2) is 5.76 Å². The fourth-order valence-electron chi connectivity index (χ4n) is 2.69. The van der Waals surface area contributed by atoms with Crippen LogP contribution in [0.25, 0.3) is 0 Å². The van der Waals surface area contributed by atoms with Crippen LogP contribution in [-0.4, -0.2) is 11.9 Å². The Morgan fingerprint density at radius 3 is 2.31 bits per heavy atom. The zero-order valence-corrected chi connectivity index (χ0v) is 15.5. The monoisotopic (exact) mass is 426 g/mol. The van der Waals surface area contributed by atoms with Gasteiger partial charge in [-0.2, -0.15) is 13.2 Å². The molecule has 2 aromatic rings. The highest BCUT2D eigenvalue weighted by atomic mass is 35.5. The average Bonchev–Trinajstić information content (AvgIpc) is 3.16. The average molecular weight is 428 g/mol. The molecule has 2 heterocycles. The van der Waals surface area contributed by atoms with Crippen molar-refractivity contribution >= 4 is 40.5 Å². The lowest BCUT2D eigenvalue weighted by Crippen LogP contribution is -2.42. The van der Waals surface area contributed by atoms with E-state index >= 15 is 0 Å². The van der Waals surface area contributed by atoms with Crippen LogP contribution in [-0.2, 0) is 17.0 Å². The van der Waals surface area contributed by atoms with E-state index in [4.69, 9.17) is 49.8 Å². The maximum atomic E-state index is 13.9. The highest BCUT2D eigenvalue weighted by Gasteiger charge is 2.62. The molecule has 1 unspecified atom stereocenters. The molecule has 0 saturated carbocycles. The predicted molar refractivity (Wildman–Crippen MR) is 92.8 cm³/mol. The second-order valence-corrected chi connectivity index (χ2v) is 6.97. The maximum Gasteiger partial charge on any atom is 0.435 e. The Labute approximate surface area is 161 Å². The van der Waals surface area contributed by atoms with Crippen LogP contribution in [0.3, 0.4) is 0 Å². The van der Waals surface area contributed by atoms with Crippen molar-refractivity contribution in [3.05, 3.63) is 55.9 Å². The molecule has 3 rings (SSSR count). The van der Waals surface area contributed by atoms with Crippen molar-refractivity contribution in [3.63, 3.8) is 0 Å². The Morgan fingerprint density at radius 2 is 1.81 bits per heavy atom. The molecule has 140 valence electrons. The Kier molecular flexibility index (Phi) is 4.94. The number of benzene rings is 1. The van der Waals surface area contributed by atoms with Crippen molar-refractivity contribution in [2.45, 2.75) is 31.7 Å². The van der Waals surface area contributed by atoms with Gasteiger partial charge in [0.05, 0.1) is 21.5 Å². The van der Waals surface area contributed by atoms with Gasteiger partial charge in [0.25, 0.3) is 5.60 Å². The summed E-state index contributed by atoms with van der Waals surface area (Å²) in [5.74, 6) is 0.674. The highest BCUT2D eigenvalue weighted by Crippen LogP contribution is 2.50. The van der Waals surface area contributed by atoms with E-state index in [1.165, 1.54) is 0 Å². The molecule has 26 heavy (non-hydrogen) atoms. The molecule has 1 aliphatic heterocycles. The van der Waals surface area contributed by atoms with Gasteiger partial charge in [-0.15, -0.1) is 0 Å². The van der Waals surface area contributed by atoms with Gasteiger partial charge in [0, 0.05) is 17.7 Å². The number of hydrogen-bond donors (Lipinski definition) is 1. The molecule has 1 aliphatic rings. The van der Waals surface area contributed by atoms with Crippen molar-refractivity contribution in [1.29, 1.82) is 0 Å². The molecular formula is C16H12Cl3F3N2O2. The number of rotatable bonds is 3. The molecular weight excluding hydrogens is 416 g/mol. The first-order valence-corrected chi connectivity index (χ1v) is 8.49. The van der Waals surface area contributed by atoms with Crippen molar-refractivity contribution in [2.24, 2.45) is 10.9 Å². The molecule has 2 N–H and O–H groups in total. The van der Waals surface area contributed by atoms with Gasteiger partial charge in [-0.3, -0.25) is 0 Å². The third-order valence-corrected chi connectivity index (χ3v) is 5.36. The molecule has 0 amide bonds. The van der Waals surface area contributed by atoms with Crippen LogP contribution in [0, 0.1) is 6.92 Å². The highest BCUT2D eigenvalue weighted by molar-refractivity contribution is 6.48. The molecule has 1 aromatic heterocycles. The molecule has 10 heteroatoms. The van der Waals surface area contributed by atoms with Crippen molar-refractivity contribution in [1.82, 2.24) is 0 Å². The second-order valence-electron chi connectivity index (χ2n) is 5.78. The van der Waals surface area contributed by atoms with E-state index in [-0.39, 0.29) is 38.6 Å². The summed E-state index contributed by atoms with van der Waals surface area (Å²) < 4.78 is 47.3. The summed E-state index contributed by atoms with van der Waals surface area (Å²) in [6.07, 6.45) is -5.40. The van der Waals surface area contributed by atoms with Crippen LogP contribution in [0.4, 0.5) is 13.2 Å². The molecule has 0 bridgehead atoms. The number of furan rings is 1. The zero-order valence-electron chi connectivity index (χ0n) is 13.3. The molecule has 4 nitrogen and oxygen atoms in total. The van der Waals surface area contributed by atoms with E-state index in [1.807, 2.05) is 0 Å². The van der Waals surface area contributed by atoms with Crippen LogP contribution in [0.15, 0.2) is 27.8 Å². The molecule has 0 aliphatic carbocycles. The van der Waals surface area contributed by atoms with Gasteiger partial charge in [0.1, 0.15) is 11.5 Å². The number of nitrogens with zero attached hydrogens (tertiary/aromatic N) is 1. The quantitative estimate of drug-likeness (QED) is 0.650. The number of alkyl halides is 3. The number of oxime groups is 1. The largest absolute Gasteiger partial charge is 0.460 e. The number of hydrogen-bond acceptors (Lipinski definition) is 4. The molecule has 1 atom stereocenters. The topological polar surface area (TPSA) is 60.8 Å². The smallest absolute Gasteiger partial charge is 0.435 e. The van der Waals surface area contributed by atoms with Crippen LogP contribution < -0.4 is 5.73 Å². The van der Waals surface area contributed by atoms with E-state index in [2.05, 4.69) is 5.16 Å². The molecule has 0 spiro atoms. The fraction of sp³-hybridized carbons (Fsp3) is 0.312. The van der Waals surface area contributed by atoms with E-state index in [9.17, 15) is 13.2 Å². The second kappa shape index (κ2) is 6.64. The van der Waals surface area contributed by atoms with E-state index in [1.54, 1.807) is 13.0 Å². The van der Waals surface area contributed by atoms with Crippen LogP contribution in [0.5, 0.6) is 0 Å². The number of aryl methyl sites for hydroxylation is 1. The summed E-state index contributed by atoms with van der Waals surface area (Å²) in [5.41, 5.74) is 3.20. The van der Waals surface area contributed by atoms with Gasteiger partial charge in [-0.25, -0.2) is 0 Å². The van der Waals surface area contributed by atoms with Crippen molar-refractivity contribution in [3.8, 4) is 0 Å². The number of nitrogens with two attached hydrogens (primary N) is 1. The lowest BCUT2D eigenvalue weighted by Gasteiger charge is -2.29. The lowest BCUT2D eigenvalue weighted by atomic mass is 9.87. The van der Waals surface area contributed by atoms with Crippen LogP contribution in [0.1, 0.15) is 29.1 Å². The fourth-order valence-corrected chi connectivity index (χ4v) is 3.29. The summed E-state index contributed by atoms with van der Waals surface area (Å²) in [5, 5.41) is 3.34. The molecule has 0 saturated heterocycles. The Bertz CT molecular complexity index is 872. The Morgan fingerprint density at radius 1 is 1.19 bits per heavy atom. The molecule has 0 fully saturated rings. The minimum atomic E-state index is -4.79. The summed E-state index contributed by atoms with van der Waals surface area (Å²) >= 11 is 17.6. The normalized spacial score (nSPS) is 20.2. The first kappa shape index (κ1) is 19.4. The van der Waals surface area contributed by atoms with Gasteiger partial charge in [0.2, 0.25) is 0 Å². The first-order valence-electron chi connectivity index (χ1n) is 7.35. The van der Waals surface area contributed by atoms with Gasteiger partial charge in [-0.05, 0) is 25.1 Å². The summed E-state index contributed by atoms with van der Waals surface area (Å²) in [6.45, 7) is 1.86. The zero-order chi connectivity index (χ0) is 19.3. The van der Waals surface area contributed by atoms with Gasteiger partial charge < -0.3 is 15.0 Å². The third-order valence-electron chi connectivity index (χ3n) is 4.16. The SMILES string of the molecule is Cc1oc(C2=NOC(c3cc(Cl)c(Cl)c(Cl)c3)(C(F)(F)F)C2)cc1CN. The van der Waals surface area contributed by atoms with E-state index < -0.39 is 18.2 Å². The van der Waals surface area contributed by atoms with E-state index in [0.717, 1.165) is 12.1 Å². The summed E-state index contributed by atoms with van der Waals surface area (Å²) in [7, 11) is 0. The maximum absolute atomic E-state index is 13.9. The third kappa shape index (κ3) is 3.07. The molecule has 0 radical (unpaired) electrons. The number of halogens is 6. The Hall–Kier alpha value is -1.41. The lowest BCUT2D eigenvalue weighted by molar-refractivity contribution is -0.275. The first-order chi connectivity index (χ1) is 12.1. The van der Waals surface area contributed by atoms with Crippen LogP contribution >= 0.6 is 34.8 Å². The standard InChI is InChI=1S/C16H12Cl3F3N2O2/c1-7-8(6-23)2-13(25-7)12-5-15(26-24-12,16(20,21)22)9-3-10(17)14(19)11(18)4-9/h2-4H,5-6,23H2,1H3. The summed E-state index contributed by atoms with van der Waals surface area (Å²) in [4.78, 5) is 4.90. The van der Waals surface area contributed by atoms with Crippen molar-refractivity contribution in [2.75, 3.05) is 0 Å². The molecule has 1 aromatic carbocycles. The van der Waals surface area contributed by atoms with Crippen molar-refractivity contribution < 1.29 is 22.4 Å². The Balaban J connectivity index is 2.05. The minimum absolute atomic E-state index is 0.00678. The summed E-state index contributed by atoms with van der Waals surface area (Å²) in [6, 6.07) is 3.69. The van der Waals surface area contributed by atoms with E-state index in [0.29, 0.717) is 11.3 Å². The van der Waals surface area contributed by atoms with Crippen LogP contribution in [0.2, 0.25) is 15.1 Å². The predicted octanol–water partition coefficient (Wildman–Crippen LogP) is 5.59. The minimum Gasteiger partial charge on any atom is -0.460 e. The van der Waals surface area contributed by atoms with Gasteiger partial charge in [-0.1, -0.05) is 40.0 Å². The van der Waals surface area contributed by atoms with Gasteiger partial charge >= 0.3 is 6.18 Å².